The minimum Gasteiger partial charge on any atom is -0.465 e. The maximum absolute atomic E-state index is 10.6. The van der Waals surface area contributed by atoms with E-state index in [1.54, 1.807) is 0 Å². The highest BCUT2D eigenvalue weighted by Crippen LogP contribution is 2.15. The van der Waals surface area contributed by atoms with Crippen molar-refractivity contribution in [2.45, 2.75) is 19.3 Å². The van der Waals surface area contributed by atoms with Gasteiger partial charge in [-0.05, 0) is 12.8 Å². The molecule has 3 heteroatoms. The van der Waals surface area contributed by atoms with Gasteiger partial charge in [0.25, 0.3) is 0 Å². The van der Waals surface area contributed by atoms with Gasteiger partial charge < -0.3 is 10.0 Å². The summed E-state index contributed by atoms with van der Waals surface area (Å²) in [4.78, 5) is 12.0. The van der Waals surface area contributed by atoms with Crippen molar-refractivity contribution in [2.75, 3.05) is 13.1 Å². The van der Waals surface area contributed by atoms with Gasteiger partial charge in [-0.2, -0.15) is 0 Å². The fraction of sp³-hybridized carbons (Fsp3) is 0.667. The third kappa shape index (κ3) is 2.16. The predicted molar refractivity (Wildman–Crippen MR) is 45.8 cm³/mol. The van der Waals surface area contributed by atoms with Crippen molar-refractivity contribution in [2.24, 2.45) is 5.92 Å². The third-order valence-corrected chi connectivity index (χ3v) is 2.18. The number of rotatable bonds is 0. The molecule has 1 heterocycles. The van der Waals surface area contributed by atoms with Crippen LogP contribution in [0.2, 0.25) is 0 Å². The maximum Gasteiger partial charge on any atom is 0.407 e. The summed E-state index contributed by atoms with van der Waals surface area (Å²) in [5.41, 5.74) is 0. The summed E-state index contributed by atoms with van der Waals surface area (Å²) < 4.78 is 0. The summed E-state index contributed by atoms with van der Waals surface area (Å²) in [6, 6.07) is 0. The van der Waals surface area contributed by atoms with Gasteiger partial charge in [0, 0.05) is 19.0 Å². The van der Waals surface area contributed by atoms with Gasteiger partial charge >= 0.3 is 6.09 Å². The van der Waals surface area contributed by atoms with Gasteiger partial charge in [0.1, 0.15) is 0 Å². The molecule has 0 aromatic rings. The molecule has 1 unspecified atom stereocenters. The summed E-state index contributed by atoms with van der Waals surface area (Å²) in [6.07, 6.45) is 7.35. The molecule has 0 aromatic carbocycles. The SMILES string of the molecule is C#CC1CCCCN(C(=O)O)C1. The Morgan fingerprint density at radius 3 is 2.92 bits per heavy atom. The molecule has 0 spiro atoms. The Labute approximate surface area is 72.4 Å². The second kappa shape index (κ2) is 4.01. The van der Waals surface area contributed by atoms with Gasteiger partial charge in [-0.3, -0.25) is 0 Å². The van der Waals surface area contributed by atoms with E-state index < -0.39 is 6.09 Å². The number of carbonyl (C=O) groups is 1. The van der Waals surface area contributed by atoms with Crippen LogP contribution in [0.4, 0.5) is 4.79 Å². The van der Waals surface area contributed by atoms with Gasteiger partial charge in [0.2, 0.25) is 0 Å². The Balaban J connectivity index is 2.54. The van der Waals surface area contributed by atoms with Crippen LogP contribution >= 0.6 is 0 Å². The maximum atomic E-state index is 10.6. The Bertz CT molecular complexity index is 207. The van der Waals surface area contributed by atoms with E-state index in [1.807, 2.05) is 0 Å². The first-order valence-corrected chi connectivity index (χ1v) is 4.18. The Morgan fingerprint density at radius 1 is 1.58 bits per heavy atom. The summed E-state index contributed by atoms with van der Waals surface area (Å²) in [5, 5.41) is 8.73. The molecule has 0 aliphatic carbocycles. The van der Waals surface area contributed by atoms with E-state index in [1.165, 1.54) is 4.90 Å². The number of carboxylic acid groups (broad SMARTS) is 1. The summed E-state index contributed by atoms with van der Waals surface area (Å²) in [5.74, 6) is 2.74. The van der Waals surface area contributed by atoms with Gasteiger partial charge in [-0.1, -0.05) is 6.42 Å². The number of hydrogen-bond acceptors (Lipinski definition) is 1. The summed E-state index contributed by atoms with van der Waals surface area (Å²) >= 11 is 0. The first kappa shape index (κ1) is 8.92. The fourth-order valence-electron chi connectivity index (χ4n) is 1.45. The Morgan fingerprint density at radius 2 is 2.33 bits per heavy atom. The molecule has 0 radical (unpaired) electrons. The van der Waals surface area contributed by atoms with Crippen molar-refractivity contribution in [1.29, 1.82) is 0 Å². The topological polar surface area (TPSA) is 40.5 Å². The van der Waals surface area contributed by atoms with Crippen molar-refractivity contribution in [3.8, 4) is 12.3 Å². The smallest absolute Gasteiger partial charge is 0.407 e. The van der Waals surface area contributed by atoms with Crippen LogP contribution in [0.3, 0.4) is 0 Å². The van der Waals surface area contributed by atoms with Crippen LogP contribution in [0, 0.1) is 18.3 Å². The van der Waals surface area contributed by atoms with Crippen LogP contribution in [0.1, 0.15) is 19.3 Å². The molecule has 66 valence electrons. The third-order valence-electron chi connectivity index (χ3n) is 2.18. The Hall–Kier alpha value is -1.17. The van der Waals surface area contributed by atoms with Gasteiger partial charge in [0.15, 0.2) is 0 Å². The van der Waals surface area contributed by atoms with Crippen LogP contribution in [0.25, 0.3) is 0 Å². The van der Waals surface area contributed by atoms with E-state index in [0.29, 0.717) is 13.1 Å². The van der Waals surface area contributed by atoms with Crippen LogP contribution in [0.15, 0.2) is 0 Å². The first-order chi connectivity index (χ1) is 5.74. The lowest BCUT2D eigenvalue weighted by Crippen LogP contribution is -2.32. The van der Waals surface area contributed by atoms with Crippen LogP contribution < -0.4 is 0 Å². The fourth-order valence-corrected chi connectivity index (χ4v) is 1.45. The van der Waals surface area contributed by atoms with Crippen molar-refractivity contribution in [3.05, 3.63) is 0 Å². The van der Waals surface area contributed by atoms with Crippen LogP contribution in [-0.4, -0.2) is 29.2 Å². The molecule has 1 saturated heterocycles. The van der Waals surface area contributed by atoms with Crippen molar-refractivity contribution in [3.63, 3.8) is 0 Å². The molecular formula is C9H13NO2. The number of terminal acetylenes is 1. The van der Waals surface area contributed by atoms with E-state index in [4.69, 9.17) is 11.5 Å². The van der Waals surface area contributed by atoms with Crippen LogP contribution in [0.5, 0.6) is 0 Å². The molecule has 1 aliphatic rings. The lowest BCUT2D eigenvalue weighted by Gasteiger charge is -2.17. The molecule has 0 bridgehead atoms. The average molecular weight is 167 g/mol. The van der Waals surface area contributed by atoms with E-state index in [9.17, 15) is 4.79 Å². The lowest BCUT2D eigenvalue weighted by molar-refractivity contribution is 0.144. The number of nitrogens with zero attached hydrogens (tertiary/aromatic N) is 1. The molecule has 1 aliphatic heterocycles. The molecule has 0 saturated carbocycles. The second-order valence-electron chi connectivity index (χ2n) is 3.09. The molecule has 1 amide bonds. The standard InChI is InChI=1S/C9H13NO2/c1-2-8-5-3-4-6-10(7-8)9(11)12/h1,8H,3-7H2,(H,11,12). The lowest BCUT2D eigenvalue weighted by atomic mass is 10.1. The highest BCUT2D eigenvalue weighted by molar-refractivity contribution is 5.65. The zero-order chi connectivity index (χ0) is 8.97. The minimum absolute atomic E-state index is 0.114. The van der Waals surface area contributed by atoms with Crippen molar-refractivity contribution >= 4 is 6.09 Å². The zero-order valence-corrected chi connectivity index (χ0v) is 6.99. The predicted octanol–water partition coefficient (Wildman–Crippen LogP) is 1.40. The number of likely N-dealkylation sites (tertiary alicyclic amines) is 1. The molecule has 1 fully saturated rings. The highest BCUT2D eigenvalue weighted by atomic mass is 16.4. The molecule has 1 N–H and O–H groups in total. The van der Waals surface area contributed by atoms with E-state index >= 15 is 0 Å². The highest BCUT2D eigenvalue weighted by Gasteiger charge is 2.19. The van der Waals surface area contributed by atoms with Gasteiger partial charge in [-0.15, -0.1) is 12.3 Å². The Kier molecular flexibility index (Phi) is 2.98. The van der Waals surface area contributed by atoms with E-state index in [2.05, 4.69) is 5.92 Å². The largest absolute Gasteiger partial charge is 0.465 e. The van der Waals surface area contributed by atoms with Gasteiger partial charge in [0.05, 0.1) is 0 Å². The summed E-state index contributed by atoms with van der Waals surface area (Å²) in [6.45, 7) is 1.14. The monoisotopic (exact) mass is 167 g/mol. The summed E-state index contributed by atoms with van der Waals surface area (Å²) in [7, 11) is 0. The molecule has 0 aromatic heterocycles. The molecule has 3 nitrogen and oxygen atoms in total. The minimum atomic E-state index is -0.850. The van der Waals surface area contributed by atoms with Crippen molar-refractivity contribution in [1.82, 2.24) is 4.90 Å². The first-order valence-electron chi connectivity index (χ1n) is 4.18. The number of amides is 1. The number of hydrogen-bond donors (Lipinski definition) is 1. The normalized spacial score (nSPS) is 24.2. The van der Waals surface area contributed by atoms with E-state index in [-0.39, 0.29) is 5.92 Å². The molecule has 1 atom stereocenters. The van der Waals surface area contributed by atoms with Crippen molar-refractivity contribution < 1.29 is 9.90 Å². The van der Waals surface area contributed by atoms with E-state index in [0.717, 1.165) is 19.3 Å². The van der Waals surface area contributed by atoms with Crippen LogP contribution in [-0.2, 0) is 0 Å². The molecular weight excluding hydrogens is 154 g/mol. The molecule has 12 heavy (non-hydrogen) atoms. The average Bonchev–Trinajstić information content (AvgIpc) is 2.28. The molecule has 1 rings (SSSR count). The quantitative estimate of drug-likeness (QED) is 0.554. The van der Waals surface area contributed by atoms with Gasteiger partial charge in [-0.25, -0.2) is 4.79 Å². The second-order valence-corrected chi connectivity index (χ2v) is 3.09. The zero-order valence-electron chi connectivity index (χ0n) is 6.99.